The van der Waals surface area contributed by atoms with Gasteiger partial charge in [0.15, 0.2) is 5.78 Å². The van der Waals surface area contributed by atoms with Crippen molar-refractivity contribution in [3.8, 4) is 0 Å². The van der Waals surface area contributed by atoms with Crippen molar-refractivity contribution in [1.29, 1.82) is 0 Å². The van der Waals surface area contributed by atoms with Gasteiger partial charge in [-0.05, 0) is 18.8 Å². The van der Waals surface area contributed by atoms with Gasteiger partial charge in [-0.2, -0.15) is 0 Å². The Morgan fingerprint density at radius 2 is 2.12 bits per heavy atom. The molecule has 0 unspecified atom stereocenters. The van der Waals surface area contributed by atoms with Gasteiger partial charge in [-0.25, -0.2) is 9.78 Å². The third-order valence-electron chi connectivity index (χ3n) is 3.84. The lowest BCUT2D eigenvalue weighted by Crippen LogP contribution is -2.37. The summed E-state index contributed by atoms with van der Waals surface area (Å²) in [5, 5.41) is 7.38. The molecule has 0 saturated heterocycles. The van der Waals surface area contributed by atoms with Crippen LogP contribution < -0.4 is 17.0 Å². The van der Waals surface area contributed by atoms with Gasteiger partial charge in [0.05, 0.1) is 5.75 Å². The first-order valence-corrected chi connectivity index (χ1v) is 9.06. The second-order valence-electron chi connectivity index (χ2n) is 6.51. The average molecular weight is 364 g/mol. The summed E-state index contributed by atoms with van der Waals surface area (Å²) in [6.45, 7) is 4.14. The Bertz CT molecular complexity index is 909. The number of thioether (sulfide) groups is 1. The van der Waals surface area contributed by atoms with Gasteiger partial charge < -0.3 is 5.73 Å². The lowest BCUT2D eigenvalue weighted by atomic mass is 10.2. The number of ketones is 1. The fourth-order valence-corrected chi connectivity index (χ4v) is 3.15. The Kier molecular flexibility index (Phi) is 4.80. The van der Waals surface area contributed by atoms with Crippen molar-refractivity contribution in [2.24, 2.45) is 5.92 Å². The highest BCUT2D eigenvalue weighted by molar-refractivity contribution is 7.99. The summed E-state index contributed by atoms with van der Waals surface area (Å²) in [5.41, 5.74) is 4.37. The van der Waals surface area contributed by atoms with Crippen molar-refractivity contribution >= 4 is 23.4 Å². The van der Waals surface area contributed by atoms with Gasteiger partial charge in [0, 0.05) is 12.5 Å². The molecule has 134 valence electrons. The standard InChI is InChI=1S/C15H20N6O3S/c1-7(2)5-21-11(16)10(13(23)18-15(21)24)9(22)6-25-14-17-12(19-20-14)8-3-4-8/h7-8H,3-6,16H2,1-2H3,(H,17,19,20)(H,18,23,24). The number of carbonyl (C=O) groups is 1. The number of nitrogens with two attached hydrogens (primary N) is 1. The number of H-pyrrole nitrogens is 2. The molecule has 0 amide bonds. The molecule has 3 rings (SSSR count). The molecule has 0 radical (unpaired) electrons. The van der Waals surface area contributed by atoms with Crippen LogP contribution in [-0.4, -0.2) is 36.3 Å². The molecule has 9 nitrogen and oxygen atoms in total. The van der Waals surface area contributed by atoms with Crippen LogP contribution in [0.4, 0.5) is 5.82 Å². The van der Waals surface area contributed by atoms with Gasteiger partial charge in [0.2, 0.25) is 5.16 Å². The number of aromatic nitrogens is 5. The van der Waals surface area contributed by atoms with E-state index in [1.807, 2.05) is 13.8 Å². The summed E-state index contributed by atoms with van der Waals surface area (Å²) in [4.78, 5) is 42.9. The highest BCUT2D eigenvalue weighted by Gasteiger charge is 2.27. The van der Waals surface area contributed by atoms with Crippen molar-refractivity contribution in [2.75, 3.05) is 11.5 Å². The van der Waals surface area contributed by atoms with E-state index in [1.54, 1.807) is 0 Å². The van der Waals surface area contributed by atoms with Crippen molar-refractivity contribution in [3.63, 3.8) is 0 Å². The third kappa shape index (κ3) is 3.84. The number of anilines is 1. The molecule has 4 N–H and O–H groups in total. The van der Waals surface area contributed by atoms with Gasteiger partial charge in [-0.1, -0.05) is 25.6 Å². The first-order valence-electron chi connectivity index (χ1n) is 8.07. The van der Waals surface area contributed by atoms with E-state index >= 15 is 0 Å². The molecule has 0 spiro atoms. The lowest BCUT2D eigenvalue weighted by Gasteiger charge is -2.13. The number of nitrogen functional groups attached to an aromatic ring is 1. The molecule has 2 heterocycles. The number of rotatable bonds is 7. The SMILES string of the molecule is CC(C)Cn1c(N)c(C(=O)CSc2n[nH]c(C3CC3)n2)c(=O)[nH]c1=O. The number of hydrogen-bond donors (Lipinski definition) is 3. The Labute approximate surface area is 147 Å². The number of nitrogens with one attached hydrogen (secondary N) is 2. The lowest BCUT2D eigenvalue weighted by molar-refractivity contribution is 0.102. The molecule has 0 aliphatic heterocycles. The van der Waals surface area contributed by atoms with E-state index in [-0.39, 0.29) is 23.1 Å². The van der Waals surface area contributed by atoms with Crippen LogP contribution >= 0.6 is 11.8 Å². The molecule has 1 aliphatic carbocycles. The zero-order valence-electron chi connectivity index (χ0n) is 14.0. The van der Waals surface area contributed by atoms with Crippen LogP contribution in [0.25, 0.3) is 0 Å². The monoisotopic (exact) mass is 364 g/mol. The van der Waals surface area contributed by atoms with Crippen LogP contribution in [0.3, 0.4) is 0 Å². The highest BCUT2D eigenvalue weighted by atomic mass is 32.2. The van der Waals surface area contributed by atoms with E-state index in [0.29, 0.717) is 17.6 Å². The van der Waals surface area contributed by atoms with Crippen LogP contribution in [-0.2, 0) is 6.54 Å². The quantitative estimate of drug-likeness (QED) is 0.486. The molecule has 2 aromatic heterocycles. The van der Waals surface area contributed by atoms with Crippen LogP contribution in [0.5, 0.6) is 0 Å². The van der Waals surface area contributed by atoms with Crippen molar-refractivity contribution in [1.82, 2.24) is 24.7 Å². The molecular weight excluding hydrogens is 344 g/mol. The minimum Gasteiger partial charge on any atom is -0.384 e. The minimum atomic E-state index is -0.762. The molecule has 25 heavy (non-hydrogen) atoms. The van der Waals surface area contributed by atoms with Crippen molar-refractivity contribution in [3.05, 3.63) is 32.2 Å². The molecular formula is C15H20N6O3S. The third-order valence-corrected chi connectivity index (χ3v) is 4.69. The maximum Gasteiger partial charge on any atom is 0.329 e. The molecule has 0 bridgehead atoms. The predicted molar refractivity (Wildman–Crippen MR) is 94.0 cm³/mol. The topological polar surface area (TPSA) is 140 Å². The van der Waals surface area contributed by atoms with Gasteiger partial charge in [0.25, 0.3) is 5.56 Å². The van der Waals surface area contributed by atoms with Crippen LogP contribution in [0.15, 0.2) is 14.7 Å². The summed E-state index contributed by atoms with van der Waals surface area (Å²) in [7, 11) is 0. The normalized spacial score (nSPS) is 14.2. The Balaban J connectivity index is 1.78. The summed E-state index contributed by atoms with van der Waals surface area (Å²) < 4.78 is 1.22. The number of hydrogen-bond acceptors (Lipinski definition) is 7. The number of nitrogens with zero attached hydrogens (tertiary/aromatic N) is 3. The molecule has 1 fully saturated rings. The van der Waals surface area contributed by atoms with E-state index in [1.165, 1.54) is 4.57 Å². The second kappa shape index (κ2) is 6.87. The maximum atomic E-state index is 12.5. The first-order chi connectivity index (χ1) is 11.9. The van der Waals surface area contributed by atoms with Crippen LogP contribution in [0, 0.1) is 5.92 Å². The van der Waals surface area contributed by atoms with E-state index in [0.717, 1.165) is 30.4 Å². The highest BCUT2D eigenvalue weighted by Crippen LogP contribution is 2.38. The van der Waals surface area contributed by atoms with Crippen LogP contribution in [0.1, 0.15) is 48.8 Å². The van der Waals surface area contributed by atoms with E-state index in [2.05, 4.69) is 20.2 Å². The Morgan fingerprint density at radius 3 is 2.76 bits per heavy atom. The van der Waals surface area contributed by atoms with Gasteiger partial charge in [-0.3, -0.25) is 24.2 Å². The fraction of sp³-hybridized carbons (Fsp3) is 0.533. The van der Waals surface area contributed by atoms with E-state index in [9.17, 15) is 14.4 Å². The predicted octanol–water partition coefficient (Wildman–Crippen LogP) is 0.745. The summed E-state index contributed by atoms with van der Waals surface area (Å²) in [6, 6.07) is 0. The minimum absolute atomic E-state index is 0.0326. The zero-order chi connectivity index (χ0) is 18.1. The summed E-state index contributed by atoms with van der Waals surface area (Å²) >= 11 is 1.13. The maximum absolute atomic E-state index is 12.5. The number of Topliss-reactive ketones (excluding diaryl/α,β-unsaturated/α-hetero) is 1. The Hall–Kier alpha value is -2.36. The van der Waals surface area contributed by atoms with E-state index in [4.69, 9.17) is 5.73 Å². The molecule has 1 saturated carbocycles. The van der Waals surface area contributed by atoms with Crippen LogP contribution in [0.2, 0.25) is 0 Å². The number of aromatic amines is 2. The largest absolute Gasteiger partial charge is 0.384 e. The summed E-state index contributed by atoms with van der Waals surface area (Å²) in [5.74, 6) is 0.821. The Morgan fingerprint density at radius 1 is 1.40 bits per heavy atom. The van der Waals surface area contributed by atoms with Crippen molar-refractivity contribution in [2.45, 2.75) is 44.3 Å². The molecule has 10 heteroatoms. The van der Waals surface area contributed by atoms with Gasteiger partial charge in [-0.15, -0.1) is 5.10 Å². The molecule has 0 aromatic carbocycles. The molecule has 1 aliphatic rings. The zero-order valence-corrected chi connectivity index (χ0v) is 14.9. The molecule has 2 aromatic rings. The van der Waals surface area contributed by atoms with Crippen molar-refractivity contribution < 1.29 is 4.79 Å². The molecule has 0 atom stereocenters. The van der Waals surface area contributed by atoms with Gasteiger partial charge in [0.1, 0.15) is 17.2 Å². The van der Waals surface area contributed by atoms with Gasteiger partial charge >= 0.3 is 5.69 Å². The average Bonchev–Trinajstić information content (AvgIpc) is 3.28. The number of carbonyl (C=O) groups excluding carboxylic acids is 1. The van der Waals surface area contributed by atoms with E-state index < -0.39 is 17.0 Å². The second-order valence-corrected chi connectivity index (χ2v) is 7.46. The first kappa shape index (κ1) is 17.5. The fourth-order valence-electron chi connectivity index (χ4n) is 2.47. The summed E-state index contributed by atoms with van der Waals surface area (Å²) in [6.07, 6.45) is 2.20. The smallest absolute Gasteiger partial charge is 0.329 e.